The molecular weight excluding hydrogens is 304 g/mol. The lowest BCUT2D eigenvalue weighted by Gasteiger charge is -2.35. The number of aliphatic hydroxyl groups is 1. The van der Waals surface area contributed by atoms with Crippen molar-refractivity contribution in [2.75, 3.05) is 32.1 Å². The van der Waals surface area contributed by atoms with Gasteiger partial charge in [0.1, 0.15) is 5.75 Å². The highest BCUT2D eigenvalue weighted by molar-refractivity contribution is 6.00. The van der Waals surface area contributed by atoms with Gasteiger partial charge in [-0.2, -0.15) is 0 Å². The first kappa shape index (κ1) is 16.5. The van der Waals surface area contributed by atoms with Crippen LogP contribution in [0.25, 0.3) is 0 Å². The predicted octanol–water partition coefficient (Wildman–Crippen LogP) is 2.21. The Kier molecular flexibility index (Phi) is 4.83. The lowest BCUT2D eigenvalue weighted by atomic mass is 10.0. The highest BCUT2D eigenvalue weighted by Gasteiger charge is 2.35. The molecule has 1 aliphatic heterocycles. The molecule has 1 N–H and O–H groups in total. The van der Waals surface area contributed by atoms with E-state index >= 15 is 0 Å². The number of aliphatic hydroxyl groups excluding tert-OH is 1. The Hall–Kier alpha value is -2.37. The number of fused-ring (bicyclic) bond motifs is 1. The zero-order chi connectivity index (χ0) is 17.1. The molecule has 0 aromatic heterocycles. The summed E-state index contributed by atoms with van der Waals surface area (Å²) >= 11 is 0. The third-order valence-electron chi connectivity index (χ3n) is 4.11. The van der Waals surface area contributed by atoms with Gasteiger partial charge in [0.15, 0.2) is 0 Å². The topological polar surface area (TPSA) is 53.0 Å². The first-order valence-corrected chi connectivity index (χ1v) is 8.01. The fourth-order valence-electron chi connectivity index (χ4n) is 2.78. The third-order valence-corrected chi connectivity index (χ3v) is 4.11. The first-order chi connectivity index (χ1) is 11.6. The molecule has 0 radical (unpaired) electrons. The summed E-state index contributed by atoms with van der Waals surface area (Å²) in [5.74, 6) is 0.588. The number of benzene rings is 2. The molecule has 5 heteroatoms. The molecule has 1 atom stereocenters. The van der Waals surface area contributed by atoms with E-state index in [-0.39, 0.29) is 12.5 Å². The molecule has 1 aliphatic rings. The minimum Gasteiger partial charge on any atom is -0.474 e. The molecule has 3 rings (SSSR count). The quantitative estimate of drug-likeness (QED) is 0.915. The van der Waals surface area contributed by atoms with E-state index < -0.39 is 6.10 Å². The van der Waals surface area contributed by atoms with Crippen LogP contribution < -0.4 is 9.64 Å². The van der Waals surface area contributed by atoms with Crippen molar-refractivity contribution in [3.05, 3.63) is 59.7 Å². The molecule has 0 aliphatic carbocycles. The number of hydrogen-bond acceptors (Lipinski definition) is 4. The van der Waals surface area contributed by atoms with Crippen molar-refractivity contribution < 1.29 is 14.6 Å². The van der Waals surface area contributed by atoms with E-state index in [2.05, 4.69) is 0 Å². The number of likely N-dealkylation sites (N-methyl/N-ethyl adjacent to an activating group) is 1. The molecule has 24 heavy (non-hydrogen) atoms. The Morgan fingerprint density at radius 3 is 2.58 bits per heavy atom. The average molecular weight is 326 g/mol. The molecular formula is C19H22N2O3. The molecule has 1 amide bonds. The van der Waals surface area contributed by atoms with Gasteiger partial charge in [0.05, 0.1) is 12.3 Å². The van der Waals surface area contributed by atoms with E-state index in [1.54, 1.807) is 4.90 Å². The number of nitrogens with zero attached hydrogens (tertiary/aromatic N) is 2. The van der Waals surface area contributed by atoms with Crippen molar-refractivity contribution in [1.29, 1.82) is 0 Å². The molecule has 5 nitrogen and oxygen atoms in total. The molecule has 1 unspecified atom stereocenters. The molecule has 0 spiro atoms. The summed E-state index contributed by atoms with van der Waals surface area (Å²) in [5, 5.41) is 9.39. The van der Waals surface area contributed by atoms with Gasteiger partial charge in [-0.15, -0.1) is 0 Å². The maximum absolute atomic E-state index is 13.0. The normalized spacial score (nSPS) is 16.9. The summed E-state index contributed by atoms with van der Waals surface area (Å²) in [6.45, 7) is 1.25. The minimum atomic E-state index is -0.638. The van der Waals surface area contributed by atoms with Crippen LogP contribution in [-0.2, 0) is 11.4 Å². The highest BCUT2D eigenvalue weighted by Crippen LogP contribution is 2.39. The molecule has 0 saturated heterocycles. The second-order valence-electron chi connectivity index (χ2n) is 6.16. The molecule has 1 heterocycles. The van der Waals surface area contributed by atoms with E-state index in [1.165, 1.54) is 0 Å². The Labute approximate surface area is 142 Å². The SMILES string of the molecule is CN(C)CCN1C(=O)C(c2ccccc2)Oc2ccc(CO)cc21. The van der Waals surface area contributed by atoms with E-state index in [0.29, 0.717) is 12.3 Å². The standard InChI is InChI=1S/C19H22N2O3/c1-20(2)10-11-21-16-12-14(13-22)8-9-17(16)24-18(19(21)23)15-6-4-3-5-7-15/h3-9,12,18,22H,10-11,13H2,1-2H3. The second-order valence-corrected chi connectivity index (χ2v) is 6.16. The van der Waals surface area contributed by atoms with Crippen LogP contribution >= 0.6 is 0 Å². The molecule has 0 bridgehead atoms. The van der Waals surface area contributed by atoms with Gasteiger partial charge in [-0.3, -0.25) is 4.79 Å². The maximum atomic E-state index is 13.0. The first-order valence-electron chi connectivity index (χ1n) is 8.01. The maximum Gasteiger partial charge on any atom is 0.272 e. The van der Waals surface area contributed by atoms with Crippen LogP contribution in [0.3, 0.4) is 0 Å². The Morgan fingerprint density at radius 2 is 1.92 bits per heavy atom. The second kappa shape index (κ2) is 7.03. The van der Waals surface area contributed by atoms with Crippen molar-refractivity contribution in [1.82, 2.24) is 4.90 Å². The number of ether oxygens (including phenoxy) is 1. The number of anilines is 1. The number of rotatable bonds is 5. The van der Waals surface area contributed by atoms with E-state index in [0.717, 1.165) is 23.4 Å². The van der Waals surface area contributed by atoms with Gasteiger partial charge in [0.25, 0.3) is 5.91 Å². The highest BCUT2D eigenvalue weighted by atomic mass is 16.5. The summed E-state index contributed by atoms with van der Waals surface area (Å²) in [7, 11) is 3.95. The monoisotopic (exact) mass is 326 g/mol. The van der Waals surface area contributed by atoms with E-state index in [1.807, 2.05) is 67.5 Å². The molecule has 0 saturated carbocycles. The van der Waals surface area contributed by atoms with Crippen LogP contribution in [0.5, 0.6) is 5.75 Å². The fourth-order valence-corrected chi connectivity index (χ4v) is 2.78. The van der Waals surface area contributed by atoms with Crippen LogP contribution in [0.2, 0.25) is 0 Å². The van der Waals surface area contributed by atoms with Crippen LogP contribution in [0, 0.1) is 0 Å². The van der Waals surface area contributed by atoms with Crippen molar-refractivity contribution in [2.45, 2.75) is 12.7 Å². The third kappa shape index (κ3) is 3.27. The van der Waals surface area contributed by atoms with Gasteiger partial charge in [0.2, 0.25) is 6.10 Å². The van der Waals surface area contributed by atoms with Crippen LogP contribution in [0.1, 0.15) is 17.2 Å². The molecule has 2 aromatic carbocycles. The molecule has 126 valence electrons. The van der Waals surface area contributed by atoms with Crippen LogP contribution in [0.15, 0.2) is 48.5 Å². The number of carbonyl (C=O) groups is 1. The van der Waals surface area contributed by atoms with Gasteiger partial charge in [-0.05, 0) is 31.8 Å². The summed E-state index contributed by atoms with van der Waals surface area (Å²) in [4.78, 5) is 16.8. The van der Waals surface area contributed by atoms with Gasteiger partial charge in [-0.1, -0.05) is 36.4 Å². The van der Waals surface area contributed by atoms with Gasteiger partial charge >= 0.3 is 0 Å². The van der Waals surface area contributed by atoms with Gasteiger partial charge < -0.3 is 19.6 Å². The smallest absolute Gasteiger partial charge is 0.272 e. The lowest BCUT2D eigenvalue weighted by molar-refractivity contribution is -0.126. The summed E-state index contributed by atoms with van der Waals surface area (Å²) < 4.78 is 5.98. The van der Waals surface area contributed by atoms with Crippen molar-refractivity contribution in [3.63, 3.8) is 0 Å². The van der Waals surface area contributed by atoms with Crippen molar-refractivity contribution in [2.24, 2.45) is 0 Å². The fraction of sp³-hybridized carbons (Fsp3) is 0.316. The van der Waals surface area contributed by atoms with Crippen molar-refractivity contribution in [3.8, 4) is 5.75 Å². The summed E-state index contributed by atoms with van der Waals surface area (Å²) in [5.41, 5.74) is 2.33. The Balaban J connectivity index is 1.99. The largest absolute Gasteiger partial charge is 0.474 e. The Morgan fingerprint density at radius 1 is 1.17 bits per heavy atom. The summed E-state index contributed by atoms with van der Waals surface area (Å²) in [6, 6.07) is 15.0. The molecule has 2 aromatic rings. The van der Waals surface area contributed by atoms with E-state index in [9.17, 15) is 9.90 Å². The van der Waals surface area contributed by atoms with Crippen molar-refractivity contribution >= 4 is 11.6 Å². The lowest BCUT2D eigenvalue weighted by Crippen LogP contribution is -2.44. The number of amides is 1. The summed E-state index contributed by atoms with van der Waals surface area (Å²) in [6.07, 6.45) is -0.638. The molecule has 0 fully saturated rings. The van der Waals surface area contributed by atoms with Crippen LogP contribution in [0.4, 0.5) is 5.69 Å². The van der Waals surface area contributed by atoms with Crippen LogP contribution in [-0.4, -0.2) is 43.1 Å². The zero-order valence-corrected chi connectivity index (χ0v) is 14.0. The Bertz CT molecular complexity index is 716. The van der Waals surface area contributed by atoms with Gasteiger partial charge in [-0.25, -0.2) is 0 Å². The van der Waals surface area contributed by atoms with Gasteiger partial charge in [0, 0.05) is 18.7 Å². The minimum absolute atomic E-state index is 0.0644. The zero-order valence-electron chi connectivity index (χ0n) is 14.0. The predicted molar refractivity (Wildman–Crippen MR) is 93.1 cm³/mol. The average Bonchev–Trinajstić information content (AvgIpc) is 2.60. The van der Waals surface area contributed by atoms with E-state index in [4.69, 9.17) is 4.74 Å². The number of hydrogen-bond donors (Lipinski definition) is 1. The number of carbonyl (C=O) groups excluding carboxylic acids is 1.